The lowest BCUT2D eigenvalue weighted by atomic mass is 9.95. The van der Waals surface area contributed by atoms with E-state index in [9.17, 15) is 4.79 Å². The zero-order valence-corrected chi connectivity index (χ0v) is 20.7. The van der Waals surface area contributed by atoms with E-state index in [-0.39, 0.29) is 11.6 Å². The zero-order chi connectivity index (χ0) is 24.2. The van der Waals surface area contributed by atoms with Crippen molar-refractivity contribution in [2.24, 2.45) is 0 Å². The number of aryl methyl sites for hydroxylation is 1. The topological polar surface area (TPSA) is 79.7 Å². The van der Waals surface area contributed by atoms with Crippen molar-refractivity contribution in [2.45, 2.75) is 77.5 Å². The summed E-state index contributed by atoms with van der Waals surface area (Å²) >= 11 is 0. The maximum atomic E-state index is 13.2. The average Bonchev–Trinajstić information content (AvgIpc) is 3.36. The second-order valence-corrected chi connectivity index (χ2v) is 9.75. The van der Waals surface area contributed by atoms with E-state index >= 15 is 0 Å². The Morgan fingerprint density at radius 2 is 1.86 bits per heavy atom. The van der Waals surface area contributed by atoms with Crippen LogP contribution in [0.1, 0.15) is 80.0 Å². The number of hydrogen-bond acceptors (Lipinski definition) is 5. The quantitative estimate of drug-likeness (QED) is 0.369. The Balaban J connectivity index is 1.52. The van der Waals surface area contributed by atoms with E-state index in [0.717, 1.165) is 47.1 Å². The number of nitrogens with one attached hydrogen (secondary N) is 1. The number of tetrazole rings is 1. The van der Waals surface area contributed by atoms with Gasteiger partial charge in [0.15, 0.2) is 5.82 Å². The number of fused-ring (bicyclic) bond motifs is 1. The summed E-state index contributed by atoms with van der Waals surface area (Å²) in [6.07, 6.45) is 6.83. The van der Waals surface area contributed by atoms with Crippen molar-refractivity contribution >= 4 is 10.9 Å². The Hall–Kier alpha value is -3.32. The highest BCUT2D eigenvalue weighted by Gasteiger charge is 2.29. The van der Waals surface area contributed by atoms with Gasteiger partial charge in [0.2, 0.25) is 0 Å². The highest BCUT2D eigenvalue weighted by molar-refractivity contribution is 5.81. The summed E-state index contributed by atoms with van der Waals surface area (Å²) in [7, 11) is 0. The van der Waals surface area contributed by atoms with Crippen LogP contribution < -0.4 is 5.56 Å². The van der Waals surface area contributed by atoms with E-state index in [2.05, 4.69) is 67.3 Å². The fourth-order valence-electron chi connectivity index (χ4n) is 5.47. The lowest BCUT2D eigenvalue weighted by molar-refractivity contribution is 0.155. The molecule has 0 amide bonds. The Morgan fingerprint density at radius 1 is 1.06 bits per heavy atom. The van der Waals surface area contributed by atoms with Crippen LogP contribution in [-0.4, -0.2) is 30.1 Å². The third kappa shape index (κ3) is 5.05. The molecule has 1 unspecified atom stereocenters. The van der Waals surface area contributed by atoms with Crippen LogP contribution in [0.2, 0.25) is 0 Å². The monoisotopic (exact) mass is 470 g/mol. The minimum Gasteiger partial charge on any atom is -0.321 e. The third-order valence-electron chi connectivity index (χ3n) is 7.33. The van der Waals surface area contributed by atoms with Gasteiger partial charge < -0.3 is 4.98 Å². The number of aromatic nitrogens is 5. The van der Waals surface area contributed by atoms with Gasteiger partial charge in [-0.3, -0.25) is 9.69 Å². The largest absolute Gasteiger partial charge is 0.321 e. The highest BCUT2D eigenvalue weighted by atomic mass is 16.1. The van der Waals surface area contributed by atoms with Crippen LogP contribution in [0.4, 0.5) is 0 Å². The van der Waals surface area contributed by atoms with Gasteiger partial charge in [-0.1, -0.05) is 74.7 Å². The normalized spacial score (nSPS) is 15.6. The maximum absolute atomic E-state index is 13.2. The van der Waals surface area contributed by atoms with E-state index in [4.69, 9.17) is 0 Å². The molecule has 0 saturated heterocycles. The Labute approximate surface area is 206 Å². The van der Waals surface area contributed by atoms with Crippen LogP contribution >= 0.6 is 0 Å². The molecule has 1 N–H and O–H groups in total. The van der Waals surface area contributed by atoms with Gasteiger partial charge >= 0.3 is 0 Å². The molecule has 1 aliphatic carbocycles. The molecule has 1 aliphatic rings. The smallest absolute Gasteiger partial charge is 0.252 e. The van der Waals surface area contributed by atoms with Crippen molar-refractivity contribution in [3.05, 3.63) is 87.5 Å². The molecule has 5 rings (SSSR count). The Kier molecular flexibility index (Phi) is 7.04. The lowest BCUT2D eigenvalue weighted by Gasteiger charge is -2.32. The molecule has 0 aliphatic heterocycles. The van der Waals surface area contributed by atoms with Crippen LogP contribution in [0.5, 0.6) is 0 Å². The van der Waals surface area contributed by atoms with Gasteiger partial charge in [-0.2, -0.15) is 0 Å². The number of hydrogen-bond donors (Lipinski definition) is 1. The minimum atomic E-state index is -0.0356. The van der Waals surface area contributed by atoms with Gasteiger partial charge in [0.05, 0.1) is 17.6 Å². The minimum absolute atomic E-state index is 0.000242. The number of pyridine rings is 1. The maximum Gasteiger partial charge on any atom is 0.252 e. The molecule has 0 radical (unpaired) electrons. The molecule has 0 spiro atoms. The fourth-order valence-corrected chi connectivity index (χ4v) is 5.47. The van der Waals surface area contributed by atoms with Crippen molar-refractivity contribution in [3.63, 3.8) is 0 Å². The zero-order valence-electron chi connectivity index (χ0n) is 20.7. The molecule has 4 aromatic rings. The first kappa shape index (κ1) is 23.4. The van der Waals surface area contributed by atoms with Crippen LogP contribution in [0.3, 0.4) is 0 Å². The number of rotatable bonds is 8. The molecule has 1 saturated carbocycles. The van der Waals surface area contributed by atoms with E-state index in [0.29, 0.717) is 19.1 Å². The molecule has 35 heavy (non-hydrogen) atoms. The number of benzene rings is 2. The predicted molar refractivity (Wildman–Crippen MR) is 138 cm³/mol. The Bertz CT molecular complexity index is 1320. The number of H-pyrrole nitrogens is 1. The predicted octanol–water partition coefficient (Wildman–Crippen LogP) is 5.48. The van der Waals surface area contributed by atoms with Crippen LogP contribution in [-0.2, 0) is 13.1 Å². The molecule has 7 heteroatoms. The first-order valence-corrected chi connectivity index (χ1v) is 12.8. The molecular formula is C28H34N6O. The van der Waals surface area contributed by atoms with Crippen LogP contribution in [0.15, 0.2) is 59.4 Å². The molecule has 2 aromatic carbocycles. The molecular weight excluding hydrogens is 436 g/mol. The van der Waals surface area contributed by atoms with Gasteiger partial charge in [0, 0.05) is 18.7 Å². The lowest BCUT2D eigenvalue weighted by Crippen LogP contribution is -2.33. The first-order chi connectivity index (χ1) is 17.1. The van der Waals surface area contributed by atoms with Gasteiger partial charge in [-0.15, -0.1) is 5.10 Å². The third-order valence-corrected chi connectivity index (χ3v) is 7.33. The summed E-state index contributed by atoms with van der Waals surface area (Å²) in [6.45, 7) is 5.43. The SMILES string of the molecule is CCC(c1nnnn1C1CCCCC1)N(Cc1ccccc1)Cc1cc2cccc(C)c2[nH]c1=O. The number of nitrogens with zero attached hydrogens (tertiary/aromatic N) is 5. The second-order valence-electron chi connectivity index (χ2n) is 9.75. The fraction of sp³-hybridized carbons (Fsp3) is 0.429. The summed E-state index contributed by atoms with van der Waals surface area (Å²) < 4.78 is 2.07. The van der Waals surface area contributed by atoms with Gasteiger partial charge in [-0.05, 0) is 59.2 Å². The summed E-state index contributed by atoms with van der Waals surface area (Å²) in [5.74, 6) is 0.906. The van der Waals surface area contributed by atoms with Gasteiger partial charge in [0.1, 0.15) is 0 Å². The van der Waals surface area contributed by atoms with Crippen molar-refractivity contribution in [1.82, 2.24) is 30.1 Å². The average molecular weight is 471 g/mol. The highest BCUT2D eigenvalue weighted by Crippen LogP contribution is 2.32. The molecule has 1 atom stereocenters. The molecule has 182 valence electrons. The van der Waals surface area contributed by atoms with Gasteiger partial charge in [0.25, 0.3) is 5.56 Å². The number of para-hydroxylation sites is 1. The number of aromatic amines is 1. The molecule has 2 aromatic heterocycles. The van der Waals surface area contributed by atoms with Crippen LogP contribution in [0.25, 0.3) is 10.9 Å². The van der Waals surface area contributed by atoms with Crippen molar-refractivity contribution in [3.8, 4) is 0 Å². The van der Waals surface area contributed by atoms with E-state index in [1.165, 1.54) is 24.8 Å². The van der Waals surface area contributed by atoms with Gasteiger partial charge in [-0.25, -0.2) is 4.68 Å². The standard InChI is InChI=1S/C28H34N6O/c1-3-25(27-30-31-32-34(27)24-15-8-5-9-16-24)33(18-21-12-6-4-7-13-21)19-23-17-22-14-10-11-20(2)26(22)29-28(23)35/h4,6-7,10-14,17,24-25H,3,5,8-9,15-16,18-19H2,1-2H3,(H,29,35). The summed E-state index contributed by atoms with van der Waals surface area (Å²) in [5, 5.41) is 14.1. The molecule has 7 nitrogen and oxygen atoms in total. The molecule has 0 bridgehead atoms. The van der Waals surface area contributed by atoms with Crippen molar-refractivity contribution in [2.75, 3.05) is 0 Å². The molecule has 2 heterocycles. The summed E-state index contributed by atoms with van der Waals surface area (Å²) in [6, 6.07) is 18.9. The van der Waals surface area contributed by atoms with Crippen molar-refractivity contribution < 1.29 is 0 Å². The van der Waals surface area contributed by atoms with E-state index < -0.39 is 0 Å². The summed E-state index contributed by atoms with van der Waals surface area (Å²) in [4.78, 5) is 18.6. The van der Waals surface area contributed by atoms with E-state index in [1.807, 2.05) is 31.2 Å². The van der Waals surface area contributed by atoms with E-state index in [1.54, 1.807) is 0 Å². The van der Waals surface area contributed by atoms with Crippen LogP contribution in [0, 0.1) is 6.92 Å². The second kappa shape index (κ2) is 10.5. The molecule has 1 fully saturated rings. The first-order valence-electron chi connectivity index (χ1n) is 12.8. The van der Waals surface area contributed by atoms with Crippen molar-refractivity contribution in [1.29, 1.82) is 0 Å². The summed E-state index contributed by atoms with van der Waals surface area (Å²) in [5.41, 5.74) is 3.91. The Morgan fingerprint density at radius 3 is 2.63 bits per heavy atom.